The molecule has 4 heteroatoms. The van der Waals surface area contributed by atoms with Crippen molar-refractivity contribution in [2.24, 2.45) is 4.99 Å². The van der Waals surface area contributed by atoms with Crippen LogP contribution in [0.1, 0.15) is 0 Å². The smallest absolute Gasteiger partial charge is 0.206 e. The summed E-state index contributed by atoms with van der Waals surface area (Å²) in [6.07, 6.45) is -4.38. The van der Waals surface area contributed by atoms with Crippen LogP contribution in [-0.4, -0.2) is 12.0 Å². The molecule has 0 radical (unpaired) electrons. The van der Waals surface area contributed by atoms with Crippen molar-refractivity contribution < 1.29 is 13.2 Å². The standard InChI is InChI=1S/C9H6F3N/c10-9(11,12)6-7-13-8-4-2-1-3-5-8/h1-6H. The second-order valence-electron chi connectivity index (χ2n) is 2.26. The van der Waals surface area contributed by atoms with Gasteiger partial charge in [0.2, 0.25) is 0 Å². The minimum Gasteiger partial charge on any atom is -0.206 e. The molecule has 0 fully saturated rings. The molecule has 0 spiro atoms. The van der Waals surface area contributed by atoms with E-state index >= 15 is 0 Å². The zero-order valence-corrected chi connectivity index (χ0v) is 6.55. The van der Waals surface area contributed by atoms with Crippen molar-refractivity contribution in [2.45, 2.75) is 6.18 Å². The Kier molecular flexibility index (Phi) is 2.88. The third-order valence-electron chi connectivity index (χ3n) is 1.18. The van der Waals surface area contributed by atoms with E-state index in [4.69, 9.17) is 0 Å². The molecule has 0 amide bonds. The molecule has 0 heterocycles. The highest BCUT2D eigenvalue weighted by atomic mass is 19.4. The van der Waals surface area contributed by atoms with Crippen molar-refractivity contribution in [3.05, 3.63) is 36.4 Å². The fraction of sp³-hybridized carbons (Fsp3) is 0.111. The molecule has 0 bridgehead atoms. The lowest BCUT2D eigenvalue weighted by Crippen LogP contribution is -2.00. The lowest BCUT2D eigenvalue weighted by Gasteiger charge is -1.92. The van der Waals surface area contributed by atoms with Crippen molar-refractivity contribution in [3.8, 4) is 0 Å². The Hall–Kier alpha value is -1.54. The first-order valence-corrected chi connectivity index (χ1v) is 3.50. The summed E-state index contributed by atoms with van der Waals surface area (Å²) in [7, 11) is 0. The SMILES string of the molecule is FC(F)(F)C=C=Nc1ccccc1. The van der Waals surface area contributed by atoms with Gasteiger partial charge >= 0.3 is 6.18 Å². The van der Waals surface area contributed by atoms with Crippen LogP contribution < -0.4 is 0 Å². The number of hydrogen-bond donors (Lipinski definition) is 0. The molecule has 0 atom stereocenters. The predicted octanol–water partition coefficient (Wildman–Crippen LogP) is 3.11. The normalized spacial score (nSPS) is 10.4. The first-order valence-electron chi connectivity index (χ1n) is 3.50. The third-order valence-corrected chi connectivity index (χ3v) is 1.18. The number of nitrogens with zero attached hydrogens (tertiary/aromatic N) is 1. The van der Waals surface area contributed by atoms with E-state index in [1.165, 1.54) is 0 Å². The quantitative estimate of drug-likeness (QED) is 0.596. The van der Waals surface area contributed by atoms with Gasteiger partial charge in [0, 0.05) is 0 Å². The first-order chi connectivity index (χ1) is 6.08. The van der Waals surface area contributed by atoms with Crippen molar-refractivity contribution in [2.75, 3.05) is 0 Å². The summed E-state index contributed by atoms with van der Waals surface area (Å²) in [6.45, 7) is 0. The fourth-order valence-electron chi connectivity index (χ4n) is 0.683. The summed E-state index contributed by atoms with van der Waals surface area (Å²) in [5, 5.41) is 0. The van der Waals surface area contributed by atoms with E-state index in [0.29, 0.717) is 5.69 Å². The van der Waals surface area contributed by atoms with Crippen LogP contribution in [0.25, 0.3) is 0 Å². The minimum atomic E-state index is -4.35. The van der Waals surface area contributed by atoms with Gasteiger partial charge in [0.05, 0.1) is 11.8 Å². The van der Waals surface area contributed by atoms with Gasteiger partial charge in [-0.05, 0) is 18.0 Å². The van der Waals surface area contributed by atoms with Crippen LogP contribution in [0.5, 0.6) is 0 Å². The second-order valence-corrected chi connectivity index (χ2v) is 2.26. The highest BCUT2D eigenvalue weighted by Crippen LogP contribution is 2.14. The maximum absolute atomic E-state index is 11.6. The highest BCUT2D eigenvalue weighted by molar-refractivity contribution is 5.59. The Labute approximate surface area is 73.2 Å². The molecule has 0 unspecified atom stereocenters. The summed E-state index contributed by atoms with van der Waals surface area (Å²) in [4.78, 5) is 3.47. The minimum absolute atomic E-state index is 0.0278. The average molecular weight is 185 g/mol. The number of alkyl halides is 3. The summed E-state index contributed by atoms with van der Waals surface area (Å²) >= 11 is 0. The first kappa shape index (κ1) is 9.55. The lowest BCUT2D eigenvalue weighted by atomic mass is 10.3. The van der Waals surface area contributed by atoms with E-state index in [-0.39, 0.29) is 6.08 Å². The number of allylic oxidation sites excluding steroid dienone is 1. The van der Waals surface area contributed by atoms with Gasteiger partial charge < -0.3 is 0 Å². The molecular formula is C9H6F3N. The monoisotopic (exact) mass is 185 g/mol. The van der Waals surface area contributed by atoms with Crippen molar-refractivity contribution in [1.82, 2.24) is 0 Å². The van der Waals surface area contributed by atoms with Crippen LogP contribution in [0.3, 0.4) is 0 Å². The number of hydrogen-bond acceptors (Lipinski definition) is 1. The molecule has 0 aliphatic carbocycles. The van der Waals surface area contributed by atoms with E-state index in [1.54, 1.807) is 30.3 Å². The second kappa shape index (κ2) is 3.92. The Balaban J connectivity index is 2.75. The lowest BCUT2D eigenvalue weighted by molar-refractivity contribution is -0.0785. The van der Waals surface area contributed by atoms with E-state index in [9.17, 15) is 13.2 Å². The molecular weight excluding hydrogens is 179 g/mol. The van der Waals surface area contributed by atoms with Crippen LogP contribution in [0.2, 0.25) is 0 Å². The summed E-state index contributed by atoms with van der Waals surface area (Å²) in [5.41, 5.74) is 0.447. The average Bonchev–Trinajstić information content (AvgIpc) is 2.04. The zero-order valence-electron chi connectivity index (χ0n) is 6.55. The van der Waals surface area contributed by atoms with Gasteiger partial charge in [-0.2, -0.15) is 13.2 Å². The van der Waals surface area contributed by atoms with E-state index in [0.717, 1.165) is 0 Å². The van der Waals surface area contributed by atoms with Crippen molar-refractivity contribution in [1.29, 1.82) is 0 Å². The van der Waals surface area contributed by atoms with Gasteiger partial charge in [-0.3, -0.25) is 0 Å². The Morgan fingerprint density at radius 1 is 1.15 bits per heavy atom. The van der Waals surface area contributed by atoms with Crippen LogP contribution >= 0.6 is 0 Å². The largest absolute Gasteiger partial charge is 0.418 e. The van der Waals surface area contributed by atoms with Crippen LogP contribution in [0.15, 0.2) is 41.4 Å². The number of halogens is 3. The third kappa shape index (κ3) is 4.13. The molecule has 0 aliphatic heterocycles. The van der Waals surface area contributed by atoms with E-state index in [1.807, 2.05) is 5.87 Å². The van der Waals surface area contributed by atoms with Crippen LogP contribution in [0, 0.1) is 0 Å². The summed E-state index contributed by atoms with van der Waals surface area (Å²) in [6, 6.07) is 8.32. The molecule has 0 N–H and O–H groups in total. The molecule has 68 valence electrons. The zero-order chi connectivity index (χ0) is 9.73. The molecule has 1 aromatic rings. The highest BCUT2D eigenvalue weighted by Gasteiger charge is 2.22. The maximum Gasteiger partial charge on any atom is 0.418 e. The van der Waals surface area contributed by atoms with Gasteiger partial charge in [-0.25, -0.2) is 4.99 Å². The molecule has 1 rings (SSSR count). The fourth-order valence-corrected chi connectivity index (χ4v) is 0.683. The number of para-hydroxylation sites is 1. The van der Waals surface area contributed by atoms with Gasteiger partial charge in [0.15, 0.2) is 0 Å². The van der Waals surface area contributed by atoms with Gasteiger partial charge in [0.1, 0.15) is 0 Å². The van der Waals surface area contributed by atoms with Gasteiger partial charge in [-0.1, -0.05) is 18.2 Å². The van der Waals surface area contributed by atoms with Gasteiger partial charge in [-0.15, -0.1) is 0 Å². The maximum atomic E-state index is 11.6. The van der Waals surface area contributed by atoms with Crippen molar-refractivity contribution >= 4 is 11.6 Å². The molecule has 1 aromatic carbocycles. The van der Waals surface area contributed by atoms with Crippen LogP contribution in [-0.2, 0) is 0 Å². The van der Waals surface area contributed by atoms with E-state index < -0.39 is 6.18 Å². The van der Waals surface area contributed by atoms with E-state index in [2.05, 4.69) is 4.99 Å². The van der Waals surface area contributed by atoms with Crippen molar-refractivity contribution in [3.63, 3.8) is 0 Å². The molecule has 1 nitrogen and oxygen atoms in total. The van der Waals surface area contributed by atoms with Crippen LogP contribution in [0.4, 0.5) is 18.9 Å². The predicted molar refractivity (Wildman–Crippen MR) is 44.2 cm³/mol. The molecule has 0 aliphatic rings. The Morgan fingerprint density at radius 3 is 2.31 bits per heavy atom. The van der Waals surface area contributed by atoms with Gasteiger partial charge in [0.25, 0.3) is 0 Å². The molecule has 0 saturated carbocycles. The number of aliphatic imine (C=N–C) groups is 1. The summed E-state index contributed by atoms with van der Waals surface area (Å²) < 4.78 is 34.7. The molecule has 13 heavy (non-hydrogen) atoms. The number of rotatable bonds is 1. The topological polar surface area (TPSA) is 12.4 Å². The molecule has 0 aromatic heterocycles. The summed E-state index contributed by atoms with van der Waals surface area (Å²) in [5.74, 6) is 1.82. The number of benzene rings is 1. The molecule has 0 saturated heterocycles. The Morgan fingerprint density at radius 2 is 1.77 bits per heavy atom. The Bertz CT molecular complexity index is 320.